The van der Waals surface area contributed by atoms with Gasteiger partial charge in [0.25, 0.3) is 0 Å². The van der Waals surface area contributed by atoms with E-state index in [9.17, 15) is 9.59 Å². The van der Waals surface area contributed by atoms with Crippen LogP contribution < -0.4 is 20.2 Å². The molecule has 2 amide bonds. The third-order valence-electron chi connectivity index (χ3n) is 2.59. The van der Waals surface area contributed by atoms with Gasteiger partial charge < -0.3 is 14.8 Å². The number of methoxy groups -OCH3 is 2. The zero-order chi connectivity index (χ0) is 16.4. The topological polar surface area (TPSA) is 89.0 Å². The van der Waals surface area contributed by atoms with E-state index in [1.54, 1.807) is 18.2 Å². The van der Waals surface area contributed by atoms with Crippen LogP contribution in [0.15, 0.2) is 36.0 Å². The molecule has 0 radical (unpaired) electrons. The second-order valence-corrected chi connectivity index (χ2v) is 4.15. The van der Waals surface area contributed by atoms with Gasteiger partial charge in [-0.25, -0.2) is 5.43 Å². The van der Waals surface area contributed by atoms with Crippen LogP contribution in [0.5, 0.6) is 11.5 Å². The fourth-order valence-corrected chi connectivity index (χ4v) is 1.62. The lowest BCUT2D eigenvalue weighted by atomic mass is 10.2. The summed E-state index contributed by atoms with van der Waals surface area (Å²) in [6.07, 6.45) is 2.64. The van der Waals surface area contributed by atoms with Crippen molar-refractivity contribution in [1.82, 2.24) is 10.7 Å². The van der Waals surface area contributed by atoms with Gasteiger partial charge in [0.15, 0.2) is 11.5 Å². The number of nitrogens with one attached hydrogen (secondary N) is 2. The molecule has 0 fully saturated rings. The summed E-state index contributed by atoms with van der Waals surface area (Å²) in [7, 11) is 3.04. The quantitative estimate of drug-likeness (QED) is 0.322. The SMILES string of the molecule is C=CCNC(=O)CC(=O)N/N=C/c1cccc(OC)c1OC. The summed E-state index contributed by atoms with van der Waals surface area (Å²) < 4.78 is 10.4. The summed E-state index contributed by atoms with van der Waals surface area (Å²) in [5, 5.41) is 6.30. The van der Waals surface area contributed by atoms with Crippen molar-refractivity contribution in [3.05, 3.63) is 36.4 Å². The standard InChI is InChI=1S/C15H19N3O4/c1-4-8-16-13(19)9-14(20)18-17-10-11-6-5-7-12(21-2)15(11)22-3/h4-7,10H,1,8-9H2,2-3H3,(H,16,19)(H,18,20)/b17-10+. The van der Waals surface area contributed by atoms with E-state index in [0.29, 0.717) is 23.6 Å². The van der Waals surface area contributed by atoms with Crippen molar-refractivity contribution < 1.29 is 19.1 Å². The predicted molar refractivity (Wildman–Crippen MR) is 83.1 cm³/mol. The smallest absolute Gasteiger partial charge is 0.249 e. The van der Waals surface area contributed by atoms with E-state index in [4.69, 9.17) is 9.47 Å². The fraction of sp³-hybridized carbons (Fsp3) is 0.267. The molecular formula is C15H19N3O4. The zero-order valence-electron chi connectivity index (χ0n) is 12.6. The average Bonchev–Trinajstić information content (AvgIpc) is 2.52. The number of hydrogen-bond acceptors (Lipinski definition) is 5. The monoisotopic (exact) mass is 305 g/mol. The molecule has 0 unspecified atom stereocenters. The van der Waals surface area contributed by atoms with Gasteiger partial charge in [0.1, 0.15) is 6.42 Å². The molecule has 22 heavy (non-hydrogen) atoms. The molecule has 0 saturated heterocycles. The first-order valence-electron chi connectivity index (χ1n) is 6.52. The summed E-state index contributed by atoms with van der Waals surface area (Å²) >= 11 is 0. The van der Waals surface area contributed by atoms with E-state index in [1.807, 2.05) is 0 Å². The number of nitrogens with zero attached hydrogens (tertiary/aromatic N) is 1. The predicted octanol–water partition coefficient (Wildman–Crippen LogP) is 0.846. The molecular weight excluding hydrogens is 286 g/mol. The van der Waals surface area contributed by atoms with Crippen LogP contribution in [0, 0.1) is 0 Å². The van der Waals surface area contributed by atoms with Crippen molar-refractivity contribution >= 4 is 18.0 Å². The molecule has 0 saturated carbocycles. The Balaban J connectivity index is 2.60. The Morgan fingerprint density at radius 2 is 2.05 bits per heavy atom. The number of benzene rings is 1. The summed E-state index contributed by atoms with van der Waals surface area (Å²) in [5.41, 5.74) is 2.91. The highest BCUT2D eigenvalue weighted by molar-refractivity contribution is 5.97. The van der Waals surface area contributed by atoms with Crippen molar-refractivity contribution in [3.8, 4) is 11.5 Å². The molecule has 118 valence electrons. The largest absolute Gasteiger partial charge is 0.493 e. The maximum Gasteiger partial charge on any atom is 0.249 e. The second kappa shape index (κ2) is 9.17. The first-order chi connectivity index (χ1) is 10.6. The van der Waals surface area contributed by atoms with Gasteiger partial charge in [-0.1, -0.05) is 12.1 Å². The van der Waals surface area contributed by atoms with Crippen LogP contribution >= 0.6 is 0 Å². The van der Waals surface area contributed by atoms with Crippen molar-refractivity contribution in [1.29, 1.82) is 0 Å². The minimum absolute atomic E-state index is 0.305. The Hall–Kier alpha value is -2.83. The highest BCUT2D eigenvalue weighted by atomic mass is 16.5. The number of para-hydroxylation sites is 1. The molecule has 0 aliphatic rings. The van der Waals surface area contributed by atoms with E-state index < -0.39 is 11.8 Å². The van der Waals surface area contributed by atoms with E-state index in [0.717, 1.165) is 0 Å². The minimum atomic E-state index is -0.514. The number of rotatable bonds is 8. The molecule has 1 rings (SSSR count). The first kappa shape index (κ1) is 17.2. The van der Waals surface area contributed by atoms with Crippen molar-refractivity contribution in [2.45, 2.75) is 6.42 Å². The maximum atomic E-state index is 11.5. The summed E-state index contributed by atoms with van der Waals surface area (Å²) in [4.78, 5) is 22.8. The summed E-state index contributed by atoms with van der Waals surface area (Å²) in [6.45, 7) is 3.78. The van der Waals surface area contributed by atoms with Crippen molar-refractivity contribution in [3.63, 3.8) is 0 Å². The zero-order valence-corrected chi connectivity index (χ0v) is 12.6. The van der Waals surface area contributed by atoms with Gasteiger partial charge in [-0.05, 0) is 12.1 Å². The molecule has 0 heterocycles. The number of carbonyl (C=O) groups excluding carboxylic acids is 2. The van der Waals surface area contributed by atoms with Gasteiger partial charge in [0, 0.05) is 12.1 Å². The molecule has 0 spiro atoms. The third-order valence-corrected chi connectivity index (χ3v) is 2.59. The van der Waals surface area contributed by atoms with E-state index in [-0.39, 0.29) is 6.42 Å². The molecule has 0 bridgehead atoms. The number of ether oxygens (including phenoxy) is 2. The van der Waals surface area contributed by atoms with E-state index in [1.165, 1.54) is 26.5 Å². The average molecular weight is 305 g/mol. The highest BCUT2D eigenvalue weighted by Gasteiger charge is 2.09. The van der Waals surface area contributed by atoms with Gasteiger partial charge in [-0.15, -0.1) is 6.58 Å². The van der Waals surface area contributed by atoms with Gasteiger partial charge in [-0.2, -0.15) is 5.10 Å². The molecule has 7 nitrogen and oxygen atoms in total. The highest BCUT2D eigenvalue weighted by Crippen LogP contribution is 2.29. The lowest BCUT2D eigenvalue weighted by molar-refractivity contribution is -0.129. The van der Waals surface area contributed by atoms with Crippen molar-refractivity contribution in [2.24, 2.45) is 5.10 Å². The number of hydrazone groups is 1. The van der Waals surface area contributed by atoms with E-state index in [2.05, 4.69) is 22.4 Å². The molecule has 1 aromatic rings. The van der Waals surface area contributed by atoms with Gasteiger partial charge in [-0.3, -0.25) is 9.59 Å². The third kappa shape index (κ3) is 5.28. The van der Waals surface area contributed by atoms with Crippen LogP contribution in [-0.2, 0) is 9.59 Å². The number of hydrogen-bond donors (Lipinski definition) is 2. The lowest BCUT2D eigenvalue weighted by Crippen LogP contribution is -2.29. The van der Waals surface area contributed by atoms with Crippen LogP contribution in [-0.4, -0.2) is 38.8 Å². The lowest BCUT2D eigenvalue weighted by Gasteiger charge is -2.09. The first-order valence-corrected chi connectivity index (χ1v) is 6.52. The molecule has 0 aliphatic heterocycles. The maximum absolute atomic E-state index is 11.5. The van der Waals surface area contributed by atoms with Gasteiger partial charge in [0.2, 0.25) is 11.8 Å². The van der Waals surface area contributed by atoms with Crippen molar-refractivity contribution in [2.75, 3.05) is 20.8 Å². The van der Waals surface area contributed by atoms with Crippen LogP contribution in [0.25, 0.3) is 0 Å². The van der Waals surface area contributed by atoms with Gasteiger partial charge in [0.05, 0.1) is 20.4 Å². The summed E-state index contributed by atoms with van der Waals surface area (Å²) in [6, 6.07) is 5.28. The van der Waals surface area contributed by atoms with Crippen LogP contribution in [0.3, 0.4) is 0 Å². The number of amides is 2. The molecule has 7 heteroatoms. The van der Waals surface area contributed by atoms with Gasteiger partial charge >= 0.3 is 0 Å². The summed E-state index contributed by atoms with van der Waals surface area (Å²) in [5.74, 6) is 0.152. The molecule has 0 aromatic heterocycles. The molecule has 1 aromatic carbocycles. The normalized spacial score (nSPS) is 10.1. The minimum Gasteiger partial charge on any atom is -0.493 e. The Morgan fingerprint density at radius 1 is 1.27 bits per heavy atom. The Bertz CT molecular complexity index is 570. The Kier molecular flexibility index (Phi) is 7.18. The molecule has 0 aliphatic carbocycles. The molecule has 2 N–H and O–H groups in total. The van der Waals surface area contributed by atoms with Crippen LogP contribution in [0.2, 0.25) is 0 Å². The fourth-order valence-electron chi connectivity index (χ4n) is 1.62. The molecule has 0 atom stereocenters. The Labute approximate surface area is 129 Å². The number of carbonyl (C=O) groups is 2. The van der Waals surface area contributed by atoms with E-state index >= 15 is 0 Å². The van der Waals surface area contributed by atoms with Crippen LogP contribution in [0.1, 0.15) is 12.0 Å². The van der Waals surface area contributed by atoms with Crippen LogP contribution in [0.4, 0.5) is 0 Å². The Morgan fingerprint density at radius 3 is 2.68 bits per heavy atom. The second-order valence-electron chi connectivity index (χ2n) is 4.15.